The van der Waals surface area contributed by atoms with E-state index in [-0.39, 0.29) is 26.3 Å². The van der Waals surface area contributed by atoms with Crippen LogP contribution in [0.3, 0.4) is 0 Å². The highest BCUT2D eigenvalue weighted by Crippen LogP contribution is 2.30. The molecule has 12 heteroatoms. The Hall–Kier alpha value is -2.60. The maximum atomic E-state index is 12.9. The number of non-ortho nitro benzene ring substituents is 1. The number of nitro groups is 1. The monoisotopic (exact) mass is 480 g/mol. The molecule has 9 nitrogen and oxygen atoms in total. The zero-order valence-corrected chi connectivity index (χ0v) is 18.5. The Labute approximate surface area is 186 Å². The van der Waals surface area contributed by atoms with Crippen molar-refractivity contribution >= 4 is 59.9 Å². The molecule has 0 atom stereocenters. The highest BCUT2D eigenvalue weighted by Gasteiger charge is 2.27. The van der Waals surface area contributed by atoms with Gasteiger partial charge in [0.05, 0.1) is 30.6 Å². The second-order valence-electron chi connectivity index (χ2n) is 6.99. The van der Waals surface area contributed by atoms with Crippen molar-refractivity contribution in [3.63, 3.8) is 0 Å². The van der Waals surface area contributed by atoms with Gasteiger partial charge in [-0.1, -0.05) is 29.4 Å². The molecule has 2 heterocycles. The lowest BCUT2D eigenvalue weighted by molar-refractivity contribution is -0.384. The number of sulfonamides is 1. The number of hydrogen-bond donors (Lipinski definition) is 1. The molecular weight excluding hydrogens is 464 g/mol. The summed E-state index contributed by atoms with van der Waals surface area (Å²) in [6.07, 6.45) is 2.59. The third-order valence-electron chi connectivity index (χ3n) is 4.94. The highest BCUT2D eigenvalue weighted by atomic mass is 35.5. The van der Waals surface area contributed by atoms with Crippen molar-refractivity contribution in [2.75, 3.05) is 18.4 Å². The summed E-state index contributed by atoms with van der Waals surface area (Å²) in [5.41, 5.74) is 0.427. The van der Waals surface area contributed by atoms with Gasteiger partial charge in [-0.25, -0.2) is 13.4 Å². The Morgan fingerprint density at radius 3 is 2.61 bits per heavy atom. The van der Waals surface area contributed by atoms with Crippen molar-refractivity contribution in [1.82, 2.24) is 9.29 Å². The normalized spacial score (nSPS) is 15.1. The van der Waals surface area contributed by atoms with Gasteiger partial charge in [0.25, 0.3) is 11.6 Å². The summed E-state index contributed by atoms with van der Waals surface area (Å²) in [7, 11) is -3.72. The third-order valence-corrected chi connectivity index (χ3v) is 8.10. The topological polar surface area (TPSA) is 123 Å². The fourth-order valence-electron chi connectivity index (χ4n) is 3.34. The van der Waals surface area contributed by atoms with Crippen LogP contribution in [-0.4, -0.2) is 41.6 Å². The Kier molecular flexibility index (Phi) is 5.93. The lowest BCUT2D eigenvalue weighted by Gasteiger charge is -2.26. The van der Waals surface area contributed by atoms with E-state index in [2.05, 4.69) is 10.3 Å². The predicted molar refractivity (Wildman–Crippen MR) is 118 cm³/mol. The highest BCUT2D eigenvalue weighted by molar-refractivity contribution is 7.89. The number of halogens is 1. The summed E-state index contributed by atoms with van der Waals surface area (Å²) in [5.74, 6) is -0.616. The minimum atomic E-state index is -3.72. The van der Waals surface area contributed by atoms with Crippen LogP contribution in [0.25, 0.3) is 10.2 Å². The number of nitrogens with zero attached hydrogens (tertiary/aromatic N) is 3. The van der Waals surface area contributed by atoms with E-state index < -0.39 is 20.9 Å². The summed E-state index contributed by atoms with van der Waals surface area (Å²) in [5, 5.41) is 13.9. The number of thiazole rings is 1. The molecule has 0 aliphatic carbocycles. The molecule has 162 valence electrons. The maximum Gasteiger partial charge on any atom is 0.270 e. The van der Waals surface area contributed by atoms with Crippen molar-refractivity contribution in [2.24, 2.45) is 0 Å². The van der Waals surface area contributed by atoms with Gasteiger partial charge in [-0.2, -0.15) is 4.31 Å². The van der Waals surface area contributed by atoms with Crippen LogP contribution >= 0.6 is 22.9 Å². The average molecular weight is 481 g/mol. The number of rotatable bonds is 5. The molecule has 0 radical (unpaired) electrons. The minimum absolute atomic E-state index is 0.00359. The van der Waals surface area contributed by atoms with E-state index in [0.717, 1.165) is 30.6 Å². The van der Waals surface area contributed by atoms with E-state index in [4.69, 9.17) is 11.6 Å². The first-order valence-corrected chi connectivity index (χ1v) is 12.1. The number of carbonyl (C=O) groups excluding carboxylic acids is 1. The Morgan fingerprint density at radius 1 is 1.16 bits per heavy atom. The molecule has 1 aromatic heterocycles. The summed E-state index contributed by atoms with van der Waals surface area (Å²) < 4.78 is 27.8. The number of amides is 1. The van der Waals surface area contributed by atoms with Gasteiger partial charge < -0.3 is 0 Å². The molecule has 0 saturated carbocycles. The van der Waals surface area contributed by atoms with E-state index in [1.54, 1.807) is 0 Å². The smallest absolute Gasteiger partial charge is 0.270 e. The van der Waals surface area contributed by atoms with Gasteiger partial charge in [0.1, 0.15) is 0 Å². The number of carbonyl (C=O) groups is 1. The number of piperidine rings is 1. The van der Waals surface area contributed by atoms with Crippen LogP contribution in [0.5, 0.6) is 0 Å². The van der Waals surface area contributed by atoms with E-state index in [0.29, 0.717) is 23.3 Å². The fourth-order valence-corrected chi connectivity index (χ4v) is 5.98. The van der Waals surface area contributed by atoms with E-state index in [1.165, 1.54) is 40.7 Å². The van der Waals surface area contributed by atoms with Crippen LogP contribution < -0.4 is 5.32 Å². The second-order valence-corrected chi connectivity index (χ2v) is 10.4. The number of nitrogens with one attached hydrogen (secondary N) is 1. The van der Waals surface area contributed by atoms with Crippen molar-refractivity contribution in [1.29, 1.82) is 0 Å². The third kappa shape index (κ3) is 4.40. The molecule has 1 fully saturated rings. The van der Waals surface area contributed by atoms with Crippen molar-refractivity contribution in [3.05, 3.63) is 57.1 Å². The van der Waals surface area contributed by atoms with E-state index in [1.807, 2.05) is 0 Å². The zero-order valence-electron chi connectivity index (χ0n) is 16.1. The van der Waals surface area contributed by atoms with Crippen molar-refractivity contribution < 1.29 is 18.1 Å². The van der Waals surface area contributed by atoms with Gasteiger partial charge in [-0.3, -0.25) is 20.2 Å². The predicted octanol–water partition coefficient (Wildman–Crippen LogP) is 4.28. The largest absolute Gasteiger partial charge is 0.298 e. The molecule has 0 spiro atoms. The quantitative estimate of drug-likeness (QED) is 0.429. The number of hydrogen-bond acceptors (Lipinski definition) is 7. The SMILES string of the molecule is O=C(Nc1nc2ccc([N+](=O)[O-])cc2s1)c1cc(S(=O)(=O)N2CCCCC2)ccc1Cl. The lowest BCUT2D eigenvalue weighted by Crippen LogP contribution is -2.35. The number of aromatic nitrogens is 1. The summed E-state index contributed by atoms with van der Waals surface area (Å²) >= 11 is 7.24. The zero-order chi connectivity index (χ0) is 22.2. The van der Waals surface area contributed by atoms with Crippen LogP contribution in [0.1, 0.15) is 29.6 Å². The lowest BCUT2D eigenvalue weighted by atomic mass is 10.2. The minimum Gasteiger partial charge on any atom is -0.298 e. The molecule has 1 N–H and O–H groups in total. The van der Waals surface area contributed by atoms with Crippen LogP contribution in [-0.2, 0) is 10.0 Å². The molecule has 1 saturated heterocycles. The van der Waals surface area contributed by atoms with Crippen LogP contribution in [0.4, 0.5) is 10.8 Å². The summed E-state index contributed by atoms with van der Waals surface area (Å²) in [4.78, 5) is 27.5. The molecule has 31 heavy (non-hydrogen) atoms. The summed E-state index contributed by atoms with van der Waals surface area (Å²) in [6, 6.07) is 8.24. The van der Waals surface area contributed by atoms with Crippen LogP contribution in [0.2, 0.25) is 5.02 Å². The van der Waals surface area contributed by atoms with Crippen molar-refractivity contribution in [3.8, 4) is 0 Å². The Bertz CT molecular complexity index is 1290. The molecule has 2 aromatic carbocycles. The Morgan fingerprint density at radius 2 is 1.90 bits per heavy atom. The van der Waals surface area contributed by atoms with Gasteiger partial charge in [-0.15, -0.1) is 0 Å². The molecule has 1 aliphatic rings. The van der Waals surface area contributed by atoms with E-state index >= 15 is 0 Å². The maximum absolute atomic E-state index is 12.9. The molecular formula is C19H17ClN4O5S2. The molecule has 0 bridgehead atoms. The first-order chi connectivity index (χ1) is 14.8. The molecule has 4 rings (SSSR count). The fraction of sp³-hybridized carbons (Fsp3) is 0.263. The van der Waals surface area contributed by atoms with Gasteiger partial charge in [0, 0.05) is 25.2 Å². The summed E-state index contributed by atoms with van der Waals surface area (Å²) in [6.45, 7) is 0.897. The Balaban J connectivity index is 1.60. The first kappa shape index (κ1) is 21.6. The van der Waals surface area contributed by atoms with Gasteiger partial charge in [-0.05, 0) is 37.1 Å². The number of benzene rings is 2. The number of fused-ring (bicyclic) bond motifs is 1. The van der Waals surface area contributed by atoms with Gasteiger partial charge >= 0.3 is 0 Å². The number of nitro benzene ring substituents is 1. The first-order valence-electron chi connectivity index (χ1n) is 9.42. The van der Waals surface area contributed by atoms with Crippen LogP contribution in [0, 0.1) is 10.1 Å². The molecule has 0 unspecified atom stereocenters. The second kappa shape index (κ2) is 8.50. The van der Waals surface area contributed by atoms with Gasteiger partial charge in [0.2, 0.25) is 10.0 Å². The van der Waals surface area contributed by atoms with Crippen LogP contribution in [0.15, 0.2) is 41.3 Å². The molecule has 3 aromatic rings. The standard InChI is InChI=1S/C19H17ClN4O5S2/c20-15-6-5-13(31(28,29)23-8-2-1-3-9-23)11-14(15)18(25)22-19-21-16-7-4-12(24(26)27)10-17(16)30-19/h4-7,10-11H,1-3,8-9H2,(H,21,22,25). The van der Waals surface area contributed by atoms with Gasteiger partial charge in [0.15, 0.2) is 5.13 Å². The number of anilines is 1. The average Bonchev–Trinajstić information content (AvgIpc) is 3.15. The van der Waals surface area contributed by atoms with Crippen molar-refractivity contribution in [2.45, 2.75) is 24.2 Å². The molecule has 1 amide bonds. The molecule has 1 aliphatic heterocycles. The van der Waals surface area contributed by atoms with E-state index in [9.17, 15) is 23.3 Å².